The first-order chi connectivity index (χ1) is 9.50. The van der Waals surface area contributed by atoms with Gasteiger partial charge in [0.05, 0.1) is 17.9 Å². The molecule has 0 amide bonds. The summed E-state index contributed by atoms with van der Waals surface area (Å²) in [4.78, 5) is 0.285. The predicted molar refractivity (Wildman–Crippen MR) is 83.2 cm³/mol. The number of methoxy groups -OCH3 is 1. The lowest BCUT2D eigenvalue weighted by Crippen LogP contribution is -2.44. The van der Waals surface area contributed by atoms with Crippen molar-refractivity contribution in [1.82, 2.24) is 4.31 Å². The van der Waals surface area contributed by atoms with E-state index in [0.29, 0.717) is 17.9 Å². The van der Waals surface area contributed by atoms with Gasteiger partial charge in [-0.05, 0) is 25.1 Å². The summed E-state index contributed by atoms with van der Waals surface area (Å²) in [6.07, 6.45) is 0. The van der Waals surface area contributed by atoms with E-state index in [-0.39, 0.29) is 16.8 Å². The zero-order valence-corrected chi connectivity index (χ0v) is 13.9. The molecule has 0 bridgehead atoms. The van der Waals surface area contributed by atoms with Crippen LogP contribution in [0, 0.1) is 0 Å². The summed E-state index contributed by atoms with van der Waals surface area (Å²) in [6, 6.07) is 4.86. The molecule has 1 atom stereocenters. The number of alkyl halides is 1. The Hall–Kier alpha value is -0.430. The van der Waals surface area contributed by atoms with Gasteiger partial charge < -0.3 is 4.74 Å². The molecule has 0 spiro atoms. The molecule has 0 N–H and O–H groups in total. The van der Waals surface area contributed by atoms with Crippen LogP contribution in [0.1, 0.15) is 12.5 Å². The van der Waals surface area contributed by atoms with Gasteiger partial charge in [0.1, 0.15) is 5.75 Å². The number of benzene rings is 1. The monoisotopic (exact) mass is 335 g/mol. The molecule has 0 aliphatic carbocycles. The first-order valence-corrected chi connectivity index (χ1v) is 9.46. The molecule has 1 aromatic carbocycles. The molecule has 1 aromatic rings. The molecule has 4 nitrogen and oxygen atoms in total. The van der Waals surface area contributed by atoms with Crippen LogP contribution in [0.5, 0.6) is 5.75 Å². The Kier molecular flexibility index (Phi) is 5.23. The average Bonchev–Trinajstić information content (AvgIpc) is 2.46. The Balaban J connectivity index is 2.38. The first kappa shape index (κ1) is 15.9. The molecule has 1 fully saturated rings. The van der Waals surface area contributed by atoms with Crippen LogP contribution in [-0.4, -0.2) is 43.9 Å². The van der Waals surface area contributed by atoms with Crippen molar-refractivity contribution in [2.75, 3.05) is 25.2 Å². The number of thioether (sulfide) groups is 1. The van der Waals surface area contributed by atoms with Crippen LogP contribution in [0.15, 0.2) is 23.1 Å². The van der Waals surface area contributed by atoms with E-state index >= 15 is 0 Å². The molecule has 1 unspecified atom stereocenters. The minimum absolute atomic E-state index is 0.0142. The minimum Gasteiger partial charge on any atom is -0.496 e. The highest BCUT2D eigenvalue weighted by molar-refractivity contribution is 7.99. The van der Waals surface area contributed by atoms with Gasteiger partial charge in [0.2, 0.25) is 10.0 Å². The van der Waals surface area contributed by atoms with E-state index in [9.17, 15) is 8.42 Å². The van der Waals surface area contributed by atoms with E-state index in [1.807, 2.05) is 6.92 Å². The summed E-state index contributed by atoms with van der Waals surface area (Å²) in [5.41, 5.74) is 0.689. The summed E-state index contributed by atoms with van der Waals surface area (Å²) >= 11 is 7.64. The Morgan fingerprint density at radius 1 is 1.50 bits per heavy atom. The van der Waals surface area contributed by atoms with Gasteiger partial charge in [-0.25, -0.2) is 8.42 Å². The Morgan fingerprint density at radius 3 is 2.85 bits per heavy atom. The van der Waals surface area contributed by atoms with Gasteiger partial charge in [0.25, 0.3) is 0 Å². The third-order valence-electron chi connectivity index (χ3n) is 3.31. The van der Waals surface area contributed by atoms with Crippen LogP contribution < -0.4 is 4.74 Å². The quantitative estimate of drug-likeness (QED) is 0.793. The molecule has 0 saturated carbocycles. The van der Waals surface area contributed by atoms with Crippen molar-refractivity contribution in [3.8, 4) is 5.75 Å². The van der Waals surface area contributed by atoms with Gasteiger partial charge >= 0.3 is 0 Å². The standard InChI is InChI=1S/C13H18ClNO3S2/c1-10-9-19-6-5-15(10)20(16,17)12-3-4-13(18-2)11(7-12)8-14/h3-4,7,10H,5-6,8-9H2,1-2H3. The van der Waals surface area contributed by atoms with Crippen molar-refractivity contribution in [1.29, 1.82) is 0 Å². The maximum Gasteiger partial charge on any atom is 0.243 e. The lowest BCUT2D eigenvalue weighted by molar-refractivity contribution is 0.367. The highest BCUT2D eigenvalue weighted by Crippen LogP contribution is 2.28. The summed E-state index contributed by atoms with van der Waals surface area (Å²) < 4.78 is 32.1. The van der Waals surface area contributed by atoms with E-state index in [1.165, 1.54) is 0 Å². The van der Waals surface area contributed by atoms with E-state index in [4.69, 9.17) is 16.3 Å². The molecular weight excluding hydrogens is 318 g/mol. The smallest absolute Gasteiger partial charge is 0.243 e. The molecule has 112 valence electrons. The third-order valence-corrected chi connectivity index (χ3v) is 6.80. The van der Waals surface area contributed by atoms with Crippen LogP contribution in [0.3, 0.4) is 0 Å². The average molecular weight is 336 g/mol. The molecular formula is C13H18ClNO3S2. The number of sulfonamides is 1. The summed E-state index contributed by atoms with van der Waals surface area (Å²) in [5, 5.41) is 0. The fraction of sp³-hybridized carbons (Fsp3) is 0.538. The second-order valence-electron chi connectivity index (χ2n) is 4.65. The van der Waals surface area contributed by atoms with Gasteiger partial charge in [-0.2, -0.15) is 16.1 Å². The number of hydrogen-bond acceptors (Lipinski definition) is 4. The zero-order valence-electron chi connectivity index (χ0n) is 11.5. The topological polar surface area (TPSA) is 46.6 Å². The Morgan fingerprint density at radius 2 is 2.25 bits per heavy atom. The number of hydrogen-bond donors (Lipinski definition) is 0. The Labute approximate surface area is 129 Å². The van der Waals surface area contributed by atoms with Crippen LogP contribution in [0.25, 0.3) is 0 Å². The van der Waals surface area contributed by atoms with Crippen molar-refractivity contribution in [2.24, 2.45) is 0 Å². The maximum atomic E-state index is 12.7. The number of halogens is 1. The van der Waals surface area contributed by atoms with Gasteiger partial charge in [0, 0.05) is 29.7 Å². The van der Waals surface area contributed by atoms with Crippen molar-refractivity contribution < 1.29 is 13.2 Å². The highest BCUT2D eigenvalue weighted by Gasteiger charge is 2.31. The van der Waals surface area contributed by atoms with Crippen LogP contribution in [0.2, 0.25) is 0 Å². The predicted octanol–water partition coefficient (Wildman–Crippen LogP) is 2.56. The van der Waals surface area contributed by atoms with E-state index < -0.39 is 10.0 Å². The molecule has 2 rings (SSSR count). The second-order valence-corrected chi connectivity index (χ2v) is 7.95. The van der Waals surface area contributed by atoms with Crippen LogP contribution in [0.4, 0.5) is 0 Å². The van der Waals surface area contributed by atoms with Crippen LogP contribution in [-0.2, 0) is 15.9 Å². The largest absolute Gasteiger partial charge is 0.496 e. The van der Waals surface area contributed by atoms with Crippen molar-refractivity contribution >= 4 is 33.4 Å². The fourth-order valence-electron chi connectivity index (χ4n) is 2.22. The zero-order chi connectivity index (χ0) is 14.8. The molecule has 1 saturated heterocycles. The van der Waals surface area contributed by atoms with E-state index in [0.717, 1.165) is 11.5 Å². The number of nitrogens with zero attached hydrogens (tertiary/aromatic N) is 1. The van der Waals surface area contributed by atoms with Gasteiger partial charge in [-0.15, -0.1) is 11.6 Å². The molecule has 20 heavy (non-hydrogen) atoms. The molecule has 7 heteroatoms. The first-order valence-electron chi connectivity index (χ1n) is 6.33. The molecule has 1 aliphatic heterocycles. The molecule has 1 aliphatic rings. The van der Waals surface area contributed by atoms with Crippen LogP contribution >= 0.6 is 23.4 Å². The summed E-state index contributed by atoms with van der Waals surface area (Å²) in [5.74, 6) is 2.50. The third kappa shape index (κ3) is 3.08. The number of rotatable bonds is 4. The van der Waals surface area contributed by atoms with Gasteiger partial charge in [-0.1, -0.05) is 0 Å². The molecule has 1 heterocycles. The Bertz CT molecular complexity index is 577. The highest BCUT2D eigenvalue weighted by atomic mass is 35.5. The lowest BCUT2D eigenvalue weighted by atomic mass is 10.2. The van der Waals surface area contributed by atoms with Gasteiger partial charge in [0.15, 0.2) is 0 Å². The van der Waals surface area contributed by atoms with E-state index in [1.54, 1.807) is 41.4 Å². The summed E-state index contributed by atoms with van der Waals surface area (Å²) in [6.45, 7) is 2.49. The van der Waals surface area contributed by atoms with Crippen molar-refractivity contribution in [3.63, 3.8) is 0 Å². The lowest BCUT2D eigenvalue weighted by Gasteiger charge is -2.32. The van der Waals surface area contributed by atoms with Gasteiger partial charge in [-0.3, -0.25) is 0 Å². The SMILES string of the molecule is COc1ccc(S(=O)(=O)N2CCSCC2C)cc1CCl. The number of ether oxygens (including phenoxy) is 1. The van der Waals surface area contributed by atoms with Crippen molar-refractivity contribution in [2.45, 2.75) is 23.7 Å². The second kappa shape index (κ2) is 6.56. The van der Waals surface area contributed by atoms with E-state index in [2.05, 4.69) is 0 Å². The molecule has 0 aromatic heterocycles. The fourth-order valence-corrected chi connectivity index (χ4v) is 5.34. The molecule has 0 radical (unpaired) electrons. The summed E-state index contributed by atoms with van der Waals surface area (Å²) in [7, 11) is -1.92. The van der Waals surface area contributed by atoms with Crippen molar-refractivity contribution in [3.05, 3.63) is 23.8 Å². The minimum atomic E-state index is -3.46. The normalized spacial score (nSPS) is 20.9. The maximum absolute atomic E-state index is 12.7.